The number of esters is 1. The number of nitrogens with zero attached hydrogens (tertiary/aromatic N) is 4. The minimum atomic E-state index is -0.423. The number of ether oxygens (including phenoxy) is 2. The topological polar surface area (TPSA) is 69.5 Å². The molecule has 1 saturated heterocycles. The molecule has 2 fully saturated rings. The zero-order valence-electron chi connectivity index (χ0n) is 18.3. The molecule has 0 amide bonds. The molecule has 6 rings (SSSR count). The van der Waals surface area contributed by atoms with Crippen LogP contribution >= 0.6 is 0 Å². The minimum absolute atomic E-state index is 0.298. The van der Waals surface area contributed by atoms with Crippen LogP contribution in [-0.4, -0.2) is 53.9 Å². The molecule has 0 N–H and O–H groups in total. The van der Waals surface area contributed by atoms with Crippen molar-refractivity contribution < 1.29 is 18.7 Å². The summed E-state index contributed by atoms with van der Waals surface area (Å²) in [4.78, 5) is 24.2. The highest BCUT2D eigenvalue weighted by Gasteiger charge is 2.32. The van der Waals surface area contributed by atoms with Gasteiger partial charge >= 0.3 is 5.97 Å². The van der Waals surface area contributed by atoms with Gasteiger partial charge in [-0.15, -0.1) is 0 Å². The first-order chi connectivity index (χ1) is 16.2. The number of carbonyl (C=O) groups is 1. The summed E-state index contributed by atoms with van der Waals surface area (Å²) in [6, 6.07) is 10.8. The maximum Gasteiger partial charge on any atom is 0.340 e. The Hall–Kier alpha value is -3.52. The fourth-order valence-electron chi connectivity index (χ4n) is 4.64. The van der Waals surface area contributed by atoms with Crippen molar-refractivity contribution in [3.05, 3.63) is 59.8 Å². The Morgan fingerprint density at radius 2 is 1.97 bits per heavy atom. The Bertz CT molecular complexity index is 1390. The minimum Gasteiger partial charge on any atom is -0.465 e. The zero-order valence-corrected chi connectivity index (χ0v) is 18.3. The highest BCUT2D eigenvalue weighted by Crippen LogP contribution is 2.43. The molecule has 1 aliphatic heterocycles. The number of morpholine rings is 1. The van der Waals surface area contributed by atoms with Crippen molar-refractivity contribution in [1.29, 1.82) is 0 Å². The van der Waals surface area contributed by atoms with Crippen molar-refractivity contribution in [3.63, 3.8) is 0 Å². The van der Waals surface area contributed by atoms with E-state index in [4.69, 9.17) is 14.5 Å². The first-order valence-electron chi connectivity index (χ1n) is 11.2. The standard InChI is InChI=1S/C25H23FN4O3/c1-32-25(31)18-13-16(29-9-11-33-12-10-29)14-21-23(18)28-24(15-5-6-15)30(21)20-7-8-27-22-17(20)3-2-4-19(22)26/h2-4,7-8,13-15H,5-6,9-12H2,1H3. The summed E-state index contributed by atoms with van der Waals surface area (Å²) in [6.07, 6.45) is 3.69. The van der Waals surface area contributed by atoms with Gasteiger partial charge in [-0.3, -0.25) is 9.55 Å². The molecule has 7 nitrogen and oxygen atoms in total. The lowest BCUT2D eigenvalue weighted by atomic mass is 10.1. The third-order valence-electron chi connectivity index (χ3n) is 6.43. The Balaban J connectivity index is 1.67. The normalized spacial score (nSPS) is 16.5. The Morgan fingerprint density at radius 3 is 2.73 bits per heavy atom. The number of para-hydroxylation sites is 1. The summed E-state index contributed by atoms with van der Waals surface area (Å²) >= 11 is 0. The molecule has 0 unspecified atom stereocenters. The average Bonchev–Trinajstić information content (AvgIpc) is 3.63. The number of fused-ring (bicyclic) bond motifs is 2. The van der Waals surface area contributed by atoms with Crippen LogP contribution in [0.2, 0.25) is 0 Å². The molecule has 168 valence electrons. The number of hydrogen-bond acceptors (Lipinski definition) is 6. The number of rotatable bonds is 4. The van der Waals surface area contributed by atoms with E-state index in [-0.39, 0.29) is 5.82 Å². The van der Waals surface area contributed by atoms with Gasteiger partial charge in [-0.05, 0) is 37.1 Å². The predicted octanol–water partition coefficient (Wildman–Crippen LogP) is 4.21. The molecular formula is C25H23FN4O3. The summed E-state index contributed by atoms with van der Waals surface area (Å²) in [5.41, 5.74) is 3.87. The number of carbonyl (C=O) groups excluding carboxylic acids is 1. The van der Waals surface area contributed by atoms with Gasteiger partial charge in [-0.25, -0.2) is 14.2 Å². The van der Waals surface area contributed by atoms with Crippen LogP contribution < -0.4 is 4.90 Å². The van der Waals surface area contributed by atoms with E-state index >= 15 is 0 Å². The molecule has 2 aromatic heterocycles. The average molecular weight is 446 g/mol. The van der Waals surface area contributed by atoms with Gasteiger partial charge < -0.3 is 14.4 Å². The molecule has 0 radical (unpaired) electrons. The van der Waals surface area contributed by atoms with E-state index < -0.39 is 5.97 Å². The summed E-state index contributed by atoms with van der Waals surface area (Å²) in [6.45, 7) is 2.73. The van der Waals surface area contributed by atoms with Crippen molar-refractivity contribution in [3.8, 4) is 5.69 Å². The van der Waals surface area contributed by atoms with Gasteiger partial charge in [-0.1, -0.05) is 12.1 Å². The van der Waals surface area contributed by atoms with Crippen LogP contribution in [0.5, 0.6) is 0 Å². The Kier molecular flexibility index (Phi) is 4.76. The quantitative estimate of drug-likeness (QED) is 0.438. The zero-order chi connectivity index (χ0) is 22.5. The number of halogens is 1. The number of methoxy groups -OCH3 is 1. The molecule has 4 aromatic rings. The third-order valence-corrected chi connectivity index (χ3v) is 6.43. The van der Waals surface area contributed by atoms with Crippen LogP contribution in [0, 0.1) is 5.82 Å². The number of anilines is 1. The lowest BCUT2D eigenvalue weighted by Crippen LogP contribution is -2.36. The fourth-order valence-corrected chi connectivity index (χ4v) is 4.64. The van der Waals surface area contributed by atoms with Gasteiger partial charge in [0.1, 0.15) is 22.7 Å². The SMILES string of the molecule is COC(=O)c1cc(N2CCOCC2)cc2c1nc(C1CC1)n2-c1ccnc2c(F)cccc12. The van der Waals surface area contributed by atoms with Crippen LogP contribution in [-0.2, 0) is 9.47 Å². The maximum absolute atomic E-state index is 14.5. The van der Waals surface area contributed by atoms with Gasteiger partial charge in [0.2, 0.25) is 0 Å². The molecule has 1 saturated carbocycles. The monoisotopic (exact) mass is 446 g/mol. The smallest absolute Gasteiger partial charge is 0.340 e. The lowest BCUT2D eigenvalue weighted by Gasteiger charge is -2.29. The van der Waals surface area contributed by atoms with Gasteiger partial charge in [0.15, 0.2) is 0 Å². The number of hydrogen-bond donors (Lipinski definition) is 0. The molecule has 2 aromatic carbocycles. The second-order valence-electron chi connectivity index (χ2n) is 8.50. The van der Waals surface area contributed by atoms with Gasteiger partial charge in [0.05, 0.1) is 37.1 Å². The molecule has 2 aliphatic rings. The number of pyridine rings is 1. The van der Waals surface area contributed by atoms with E-state index in [2.05, 4.69) is 20.5 Å². The highest BCUT2D eigenvalue weighted by atomic mass is 19.1. The third kappa shape index (κ3) is 3.33. The number of imidazole rings is 1. The molecule has 0 bridgehead atoms. The predicted molar refractivity (Wildman–Crippen MR) is 123 cm³/mol. The molecule has 0 atom stereocenters. The van der Waals surface area contributed by atoms with Gasteiger partial charge in [-0.2, -0.15) is 0 Å². The van der Waals surface area contributed by atoms with Crippen molar-refractivity contribution in [2.75, 3.05) is 38.3 Å². The van der Waals surface area contributed by atoms with Crippen molar-refractivity contribution in [2.24, 2.45) is 0 Å². The Labute approximate surface area is 189 Å². The molecule has 8 heteroatoms. The van der Waals surface area contributed by atoms with E-state index in [1.165, 1.54) is 13.2 Å². The lowest BCUT2D eigenvalue weighted by molar-refractivity contribution is 0.0603. The molecular weight excluding hydrogens is 423 g/mol. The second-order valence-corrected chi connectivity index (χ2v) is 8.50. The number of benzene rings is 2. The van der Waals surface area contributed by atoms with Crippen LogP contribution in [0.25, 0.3) is 27.6 Å². The first kappa shape index (κ1) is 20.1. The largest absolute Gasteiger partial charge is 0.465 e. The molecule has 1 aliphatic carbocycles. The highest BCUT2D eigenvalue weighted by molar-refractivity contribution is 6.05. The summed E-state index contributed by atoms with van der Waals surface area (Å²) in [7, 11) is 1.38. The molecule has 0 spiro atoms. The van der Waals surface area contributed by atoms with Gasteiger partial charge in [0, 0.05) is 36.3 Å². The van der Waals surface area contributed by atoms with Crippen molar-refractivity contribution in [2.45, 2.75) is 18.8 Å². The first-order valence-corrected chi connectivity index (χ1v) is 11.2. The summed E-state index contributed by atoms with van der Waals surface area (Å²) in [5, 5.41) is 0.704. The summed E-state index contributed by atoms with van der Waals surface area (Å²) < 4.78 is 27.2. The number of aromatic nitrogens is 3. The summed E-state index contributed by atoms with van der Waals surface area (Å²) in [5.74, 6) is 0.390. The van der Waals surface area contributed by atoms with Gasteiger partial charge in [0.25, 0.3) is 0 Å². The van der Waals surface area contributed by atoms with E-state index in [0.717, 1.165) is 48.6 Å². The van der Waals surface area contributed by atoms with Crippen molar-refractivity contribution in [1.82, 2.24) is 14.5 Å². The van der Waals surface area contributed by atoms with Crippen LogP contribution in [0.3, 0.4) is 0 Å². The molecule has 33 heavy (non-hydrogen) atoms. The van der Waals surface area contributed by atoms with E-state index in [1.807, 2.05) is 18.2 Å². The maximum atomic E-state index is 14.5. The fraction of sp³-hybridized carbons (Fsp3) is 0.320. The van der Waals surface area contributed by atoms with E-state index in [1.54, 1.807) is 12.3 Å². The second kappa shape index (κ2) is 7.81. The van der Waals surface area contributed by atoms with Crippen molar-refractivity contribution >= 4 is 33.6 Å². The van der Waals surface area contributed by atoms with E-state index in [0.29, 0.717) is 41.1 Å². The Morgan fingerprint density at radius 1 is 1.15 bits per heavy atom. The van der Waals surface area contributed by atoms with Crippen LogP contribution in [0.15, 0.2) is 42.6 Å². The van der Waals surface area contributed by atoms with Crippen LogP contribution in [0.4, 0.5) is 10.1 Å². The van der Waals surface area contributed by atoms with Crippen LogP contribution in [0.1, 0.15) is 34.9 Å². The van der Waals surface area contributed by atoms with E-state index in [9.17, 15) is 9.18 Å². The molecule has 3 heterocycles.